The van der Waals surface area contributed by atoms with Crippen LogP contribution in [0.25, 0.3) is 10.9 Å². The van der Waals surface area contributed by atoms with E-state index < -0.39 is 0 Å². The fraction of sp³-hybridized carbons (Fsp3) is 0.471. The number of fused-ring (bicyclic) bond motifs is 1. The van der Waals surface area contributed by atoms with E-state index in [-0.39, 0.29) is 30.2 Å². The van der Waals surface area contributed by atoms with Crippen molar-refractivity contribution in [1.29, 1.82) is 0 Å². The lowest BCUT2D eigenvalue weighted by molar-refractivity contribution is 0.314. The Balaban J connectivity index is 0.00000132. The van der Waals surface area contributed by atoms with E-state index in [9.17, 15) is 4.79 Å². The molecule has 23 heavy (non-hydrogen) atoms. The summed E-state index contributed by atoms with van der Waals surface area (Å²) in [4.78, 5) is 18.2. The van der Waals surface area contributed by atoms with Gasteiger partial charge in [-0.15, -0.1) is 24.8 Å². The van der Waals surface area contributed by atoms with Crippen molar-refractivity contribution in [2.45, 2.75) is 26.8 Å². The van der Waals surface area contributed by atoms with Gasteiger partial charge in [0, 0.05) is 30.2 Å². The lowest BCUT2D eigenvalue weighted by Gasteiger charge is -2.16. The van der Waals surface area contributed by atoms with Gasteiger partial charge in [-0.05, 0) is 56.5 Å². The van der Waals surface area contributed by atoms with Gasteiger partial charge in [0.25, 0.3) is 0 Å². The summed E-state index contributed by atoms with van der Waals surface area (Å²) in [5, 5.41) is 0.789. The molecule has 0 amide bonds. The summed E-state index contributed by atoms with van der Waals surface area (Å²) in [5.74, 6) is 0.599. The predicted molar refractivity (Wildman–Crippen MR) is 101 cm³/mol. The number of halogens is 2. The average Bonchev–Trinajstić information content (AvgIpc) is 2.88. The Labute approximate surface area is 149 Å². The monoisotopic (exact) mass is 357 g/mol. The quantitative estimate of drug-likeness (QED) is 0.887. The maximum absolute atomic E-state index is 12.3. The highest BCUT2D eigenvalue weighted by atomic mass is 35.5. The minimum Gasteiger partial charge on any atom is -0.357 e. The van der Waals surface area contributed by atoms with Gasteiger partial charge in [-0.2, -0.15) is 0 Å². The van der Waals surface area contributed by atoms with E-state index in [0.29, 0.717) is 5.92 Å². The van der Waals surface area contributed by atoms with E-state index in [0.717, 1.165) is 60.3 Å². The van der Waals surface area contributed by atoms with Crippen LogP contribution in [-0.4, -0.2) is 29.5 Å². The molecule has 1 atom stereocenters. The summed E-state index contributed by atoms with van der Waals surface area (Å²) in [6.07, 6.45) is 1.16. The van der Waals surface area contributed by atoms with Crippen LogP contribution in [0.2, 0.25) is 0 Å². The maximum Gasteiger partial charge on any atom is 0.189 e. The van der Waals surface area contributed by atoms with Crippen LogP contribution < -0.4 is 11.2 Å². The zero-order valence-electron chi connectivity index (χ0n) is 13.6. The third kappa shape index (κ3) is 4.27. The zero-order valence-corrected chi connectivity index (χ0v) is 15.2. The number of aromatic amines is 1. The van der Waals surface area contributed by atoms with Gasteiger partial charge in [0.2, 0.25) is 0 Å². The van der Waals surface area contributed by atoms with Gasteiger partial charge in [-0.3, -0.25) is 9.69 Å². The summed E-state index contributed by atoms with van der Waals surface area (Å²) in [6.45, 7) is 7.72. The number of aryl methyl sites for hydroxylation is 2. The Morgan fingerprint density at radius 2 is 2.00 bits per heavy atom. The molecule has 3 N–H and O–H groups in total. The Morgan fingerprint density at radius 1 is 1.26 bits per heavy atom. The van der Waals surface area contributed by atoms with Crippen LogP contribution in [0.15, 0.2) is 23.0 Å². The summed E-state index contributed by atoms with van der Waals surface area (Å²) in [6, 6.07) is 5.82. The Hall–Kier alpha value is -1.07. The molecule has 1 saturated heterocycles. The molecule has 2 heterocycles. The molecule has 1 fully saturated rings. The average molecular weight is 358 g/mol. The van der Waals surface area contributed by atoms with Crippen molar-refractivity contribution >= 4 is 35.7 Å². The van der Waals surface area contributed by atoms with E-state index >= 15 is 0 Å². The van der Waals surface area contributed by atoms with Crippen LogP contribution in [0, 0.1) is 19.8 Å². The number of nitrogens with two attached hydrogens (primary N) is 1. The number of nitrogens with zero attached hydrogens (tertiary/aromatic N) is 1. The van der Waals surface area contributed by atoms with E-state index in [1.54, 1.807) is 6.07 Å². The second kappa shape index (κ2) is 8.15. The smallest absolute Gasteiger partial charge is 0.189 e. The highest BCUT2D eigenvalue weighted by Gasteiger charge is 2.21. The normalized spacial score (nSPS) is 17.8. The van der Waals surface area contributed by atoms with Crippen molar-refractivity contribution < 1.29 is 0 Å². The molecule has 1 aromatic carbocycles. The highest BCUT2D eigenvalue weighted by Crippen LogP contribution is 2.19. The molecule has 1 aliphatic rings. The van der Waals surface area contributed by atoms with Crippen molar-refractivity contribution in [3.8, 4) is 0 Å². The molecule has 1 aliphatic heterocycles. The molecule has 0 saturated carbocycles. The SMILES string of the molecule is Cc1cc(C)c2[nH]c(CN3CCC(CN)C3)cc(=O)c2c1.Cl.Cl. The molecule has 0 bridgehead atoms. The van der Waals surface area contributed by atoms with E-state index in [4.69, 9.17) is 5.73 Å². The summed E-state index contributed by atoms with van der Waals surface area (Å²) >= 11 is 0. The van der Waals surface area contributed by atoms with E-state index in [1.165, 1.54) is 0 Å². The van der Waals surface area contributed by atoms with E-state index in [1.807, 2.05) is 13.0 Å². The van der Waals surface area contributed by atoms with Crippen LogP contribution in [-0.2, 0) is 6.54 Å². The number of aromatic nitrogens is 1. The molecule has 128 valence electrons. The van der Waals surface area contributed by atoms with Gasteiger partial charge in [0.1, 0.15) is 0 Å². The minimum atomic E-state index is 0. The summed E-state index contributed by atoms with van der Waals surface area (Å²) in [7, 11) is 0. The van der Waals surface area contributed by atoms with Gasteiger partial charge >= 0.3 is 0 Å². The molecular weight excluding hydrogens is 333 g/mol. The predicted octanol–water partition coefficient (Wildman–Crippen LogP) is 2.77. The highest BCUT2D eigenvalue weighted by molar-refractivity contribution is 5.85. The Morgan fingerprint density at radius 3 is 2.65 bits per heavy atom. The van der Waals surface area contributed by atoms with Gasteiger partial charge in [0.15, 0.2) is 5.43 Å². The molecule has 3 rings (SSSR count). The van der Waals surface area contributed by atoms with Gasteiger partial charge in [-0.25, -0.2) is 0 Å². The fourth-order valence-electron chi connectivity index (χ4n) is 3.34. The third-order valence-corrected chi connectivity index (χ3v) is 4.43. The lowest BCUT2D eigenvalue weighted by atomic mass is 10.1. The van der Waals surface area contributed by atoms with Crippen molar-refractivity contribution in [2.24, 2.45) is 11.7 Å². The first-order valence-electron chi connectivity index (χ1n) is 7.62. The van der Waals surface area contributed by atoms with Gasteiger partial charge in [0.05, 0.1) is 5.52 Å². The summed E-state index contributed by atoms with van der Waals surface area (Å²) in [5.41, 5.74) is 10.1. The molecule has 0 aliphatic carbocycles. The molecule has 6 heteroatoms. The van der Waals surface area contributed by atoms with Crippen molar-refractivity contribution in [2.75, 3.05) is 19.6 Å². The maximum atomic E-state index is 12.3. The number of H-pyrrole nitrogens is 1. The standard InChI is InChI=1S/C17H23N3O.2ClH/c1-11-5-12(2)17-15(6-11)16(21)7-14(19-17)10-20-4-3-13(8-18)9-20;;/h5-7,13H,3-4,8-10,18H2,1-2H3,(H,19,21);2*1H. The summed E-state index contributed by atoms with van der Waals surface area (Å²) < 4.78 is 0. The molecular formula is C17H25Cl2N3O. The number of rotatable bonds is 3. The Kier molecular flexibility index (Phi) is 7.08. The van der Waals surface area contributed by atoms with Crippen molar-refractivity contribution in [3.63, 3.8) is 0 Å². The molecule has 0 spiro atoms. The molecule has 1 unspecified atom stereocenters. The van der Waals surface area contributed by atoms with Crippen LogP contribution in [0.3, 0.4) is 0 Å². The largest absolute Gasteiger partial charge is 0.357 e. The lowest BCUT2D eigenvalue weighted by Crippen LogP contribution is -2.24. The number of nitrogens with one attached hydrogen (secondary N) is 1. The van der Waals surface area contributed by atoms with Crippen molar-refractivity contribution in [1.82, 2.24) is 9.88 Å². The number of likely N-dealkylation sites (tertiary alicyclic amines) is 1. The number of pyridine rings is 1. The first-order valence-corrected chi connectivity index (χ1v) is 7.62. The first-order chi connectivity index (χ1) is 10.1. The third-order valence-electron chi connectivity index (χ3n) is 4.43. The van der Waals surface area contributed by atoms with Crippen LogP contribution in [0.5, 0.6) is 0 Å². The zero-order chi connectivity index (χ0) is 15.0. The van der Waals surface area contributed by atoms with Crippen LogP contribution >= 0.6 is 24.8 Å². The number of hydrogen-bond donors (Lipinski definition) is 2. The molecule has 0 radical (unpaired) electrons. The fourth-order valence-corrected chi connectivity index (χ4v) is 3.34. The first kappa shape index (κ1) is 20.0. The number of hydrogen-bond acceptors (Lipinski definition) is 3. The second-order valence-electron chi connectivity index (χ2n) is 6.29. The van der Waals surface area contributed by atoms with Crippen LogP contribution in [0.1, 0.15) is 23.2 Å². The second-order valence-corrected chi connectivity index (χ2v) is 6.29. The van der Waals surface area contributed by atoms with Crippen molar-refractivity contribution in [3.05, 3.63) is 45.2 Å². The van der Waals surface area contributed by atoms with Crippen LogP contribution in [0.4, 0.5) is 0 Å². The van der Waals surface area contributed by atoms with E-state index in [2.05, 4.69) is 22.9 Å². The topological polar surface area (TPSA) is 62.1 Å². The molecule has 1 aromatic heterocycles. The molecule has 4 nitrogen and oxygen atoms in total. The minimum absolute atomic E-state index is 0. The Bertz CT molecular complexity index is 730. The van der Waals surface area contributed by atoms with Gasteiger partial charge < -0.3 is 10.7 Å². The molecule has 2 aromatic rings. The number of benzene rings is 1. The van der Waals surface area contributed by atoms with Gasteiger partial charge in [-0.1, -0.05) is 6.07 Å².